The molecule has 0 amide bonds. The molecule has 0 aromatic carbocycles. The number of hydrogen-bond acceptors (Lipinski definition) is 4. The van der Waals surface area contributed by atoms with Crippen LogP contribution in [-0.4, -0.2) is 51.3 Å². The van der Waals surface area contributed by atoms with Gasteiger partial charge < -0.3 is 19.1 Å². The van der Waals surface area contributed by atoms with E-state index in [0.717, 1.165) is 51.4 Å². The van der Waals surface area contributed by atoms with Gasteiger partial charge in [-0.1, -0.05) is 41.5 Å². The van der Waals surface area contributed by atoms with E-state index in [1.807, 2.05) is 0 Å². The maximum atomic E-state index is 9.44. The Bertz CT molecular complexity index is 446. The topological polar surface area (TPSA) is 58.9 Å². The Labute approximate surface area is 189 Å². The molecule has 0 heterocycles. The third-order valence-corrected chi connectivity index (χ3v) is 16.9. The van der Waals surface area contributed by atoms with E-state index in [9.17, 15) is 10.2 Å². The minimum Gasteiger partial charge on any atom is -0.414 e. The highest BCUT2D eigenvalue weighted by Crippen LogP contribution is 2.40. The highest BCUT2D eigenvalue weighted by atomic mass is 28.4. The van der Waals surface area contributed by atoms with E-state index in [1.165, 1.54) is 0 Å². The van der Waals surface area contributed by atoms with Crippen LogP contribution in [0.25, 0.3) is 0 Å². The van der Waals surface area contributed by atoms with Gasteiger partial charge in [-0.15, -0.1) is 0 Å². The van der Waals surface area contributed by atoms with E-state index in [2.05, 4.69) is 67.7 Å². The molecule has 0 radical (unpaired) electrons. The fourth-order valence-electron chi connectivity index (χ4n) is 3.51. The summed E-state index contributed by atoms with van der Waals surface area (Å²) in [5.41, 5.74) is 0. The first-order chi connectivity index (χ1) is 13.4. The van der Waals surface area contributed by atoms with Crippen molar-refractivity contribution >= 4 is 16.6 Å². The van der Waals surface area contributed by atoms with Crippen molar-refractivity contribution in [3.63, 3.8) is 0 Å². The van der Waals surface area contributed by atoms with E-state index in [-0.39, 0.29) is 12.2 Å². The lowest BCUT2D eigenvalue weighted by Gasteiger charge is -2.40. The molecule has 0 aromatic heterocycles. The van der Waals surface area contributed by atoms with Crippen molar-refractivity contribution in [1.82, 2.24) is 0 Å². The average Bonchev–Trinajstić information content (AvgIpc) is 2.57. The Morgan fingerprint density at radius 1 is 0.533 bits per heavy atom. The second-order valence-electron chi connectivity index (χ2n) is 12.6. The quantitative estimate of drug-likeness (QED) is 0.463. The van der Waals surface area contributed by atoms with Gasteiger partial charge in [0.15, 0.2) is 16.6 Å². The number of aliphatic hydroxyl groups excluding tert-OH is 2. The summed E-state index contributed by atoms with van der Waals surface area (Å²) in [6.07, 6.45) is 8.44. The van der Waals surface area contributed by atoms with Gasteiger partial charge in [0.1, 0.15) is 0 Å². The zero-order valence-corrected chi connectivity index (χ0v) is 23.7. The van der Waals surface area contributed by atoms with Crippen LogP contribution in [0.4, 0.5) is 0 Å². The van der Waals surface area contributed by atoms with Gasteiger partial charge in [0.05, 0.1) is 12.2 Å². The van der Waals surface area contributed by atoms with Gasteiger partial charge in [0, 0.05) is 12.2 Å². The molecule has 2 saturated carbocycles. The Morgan fingerprint density at radius 3 is 0.967 bits per heavy atom. The second kappa shape index (κ2) is 10.9. The van der Waals surface area contributed by atoms with Crippen molar-refractivity contribution in [2.75, 3.05) is 0 Å². The summed E-state index contributed by atoms with van der Waals surface area (Å²) in [6.45, 7) is 22.9. The first kappa shape index (κ1) is 28.3. The summed E-state index contributed by atoms with van der Waals surface area (Å²) in [6, 6.07) is 0. The summed E-state index contributed by atoms with van der Waals surface area (Å²) in [5, 5.41) is 19.5. The van der Waals surface area contributed by atoms with Gasteiger partial charge >= 0.3 is 0 Å². The Morgan fingerprint density at radius 2 is 0.767 bits per heavy atom. The first-order valence-corrected chi connectivity index (χ1v) is 18.0. The smallest absolute Gasteiger partial charge is 0.192 e. The first-order valence-electron chi connectivity index (χ1n) is 12.2. The summed E-state index contributed by atoms with van der Waals surface area (Å²) in [4.78, 5) is 0. The molecule has 2 aliphatic carbocycles. The maximum absolute atomic E-state index is 9.44. The van der Waals surface area contributed by atoms with E-state index in [4.69, 9.17) is 8.85 Å². The van der Waals surface area contributed by atoms with Gasteiger partial charge in [0.25, 0.3) is 0 Å². The molecule has 2 N–H and O–H groups in total. The van der Waals surface area contributed by atoms with Crippen LogP contribution in [0.5, 0.6) is 0 Å². The Hall–Kier alpha value is 0.274. The molecule has 30 heavy (non-hydrogen) atoms. The van der Waals surface area contributed by atoms with E-state index in [0.29, 0.717) is 22.3 Å². The molecular weight excluding hydrogens is 408 g/mol. The molecular formula is C24H52O4Si2. The highest BCUT2D eigenvalue weighted by molar-refractivity contribution is 6.74. The van der Waals surface area contributed by atoms with Gasteiger partial charge in [-0.05, 0) is 87.6 Å². The van der Waals surface area contributed by atoms with Crippen molar-refractivity contribution in [1.29, 1.82) is 0 Å². The number of hydrogen-bond donors (Lipinski definition) is 2. The SMILES string of the molecule is CC(C)(C)[Si](C)(C)OC1CCC(O)CC1.CC(C)(C)[Si](C)(C)OC1CCC(O)CC1. The van der Waals surface area contributed by atoms with Crippen LogP contribution in [-0.2, 0) is 8.85 Å². The van der Waals surface area contributed by atoms with Gasteiger partial charge in [0.2, 0.25) is 0 Å². The molecule has 6 heteroatoms. The fraction of sp³-hybridized carbons (Fsp3) is 1.00. The van der Waals surface area contributed by atoms with Crippen LogP contribution in [0.1, 0.15) is 92.9 Å². The number of rotatable bonds is 4. The Balaban J connectivity index is 0.000000300. The molecule has 0 bridgehead atoms. The molecule has 180 valence electrons. The monoisotopic (exact) mass is 460 g/mol. The predicted molar refractivity (Wildman–Crippen MR) is 133 cm³/mol. The van der Waals surface area contributed by atoms with Crippen LogP contribution in [0.3, 0.4) is 0 Å². The van der Waals surface area contributed by atoms with E-state index < -0.39 is 16.6 Å². The van der Waals surface area contributed by atoms with Crippen molar-refractivity contribution in [3.8, 4) is 0 Å². The molecule has 0 aliphatic heterocycles. The molecule has 0 atom stereocenters. The number of aliphatic hydroxyl groups is 2. The molecule has 2 rings (SSSR count). The van der Waals surface area contributed by atoms with Crippen LogP contribution in [0.15, 0.2) is 0 Å². The summed E-state index contributed by atoms with van der Waals surface area (Å²) < 4.78 is 12.6. The van der Waals surface area contributed by atoms with Crippen molar-refractivity contribution in [2.45, 2.75) is 154 Å². The lowest BCUT2D eigenvalue weighted by Crippen LogP contribution is -2.45. The fourth-order valence-corrected chi connectivity index (χ4v) is 6.36. The van der Waals surface area contributed by atoms with Gasteiger partial charge in [-0.25, -0.2) is 0 Å². The van der Waals surface area contributed by atoms with E-state index in [1.54, 1.807) is 0 Å². The minimum atomic E-state index is -1.60. The highest BCUT2D eigenvalue weighted by Gasteiger charge is 2.40. The zero-order valence-electron chi connectivity index (χ0n) is 21.7. The van der Waals surface area contributed by atoms with Crippen molar-refractivity contribution < 1.29 is 19.1 Å². The second-order valence-corrected chi connectivity index (χ2v) is 22.1. The molecule has 0 unspecified atom stereocenters. The largest absolute Gasteiger partial charge is 0.414 e. The van der Waals surface area contributed by atoms with Crippen molar-refractivity contribution in [3.05, 3.63) is 0 Å². The van der Waals surface area contributed by atoms with Crippen LogP contribution in [0, 0.1) is 0 Å². The molecule has 4 nitrogen and oxygen atoms in total. The summed E-state index contributed by atoms with van der Waals surface area (Å²) in [5.74, 6) is 0. The minimum absolute atomic E-state index is 0.0794. The molecule has 2 aliphatic rings. The summed E-state index contributed by atoms with van der Waals surface area (Å²) in [7, 11) is -3.19. The average molecular weight is 461 g/mol. The lowest BCUT2D eigenvalue weighted by molar-refractivity contribution is 0.0596. The molecule has 0 aromatic rings. The molecule has 0 spiro atoms. The predicted octanol–water partition coefficient (Wildman–Crippen LogP) is 6.62. The van der Waals surface area contributed by atoms with Gasteiger partial charge in [-0.2, -0.15) is 0 Å². The maximum Gasteiger partial charge on any atom is 0.192 e. The van der Waals surface area contributed by atoms with Gasteiger partial charge in [-0.3, -0.25) is 0 Å². The third kappa shape index (κ3) is 9.03. The normalized spacial score (nSPS) is 29.2. The standard InChI is InChI=1S/2C12H26O2Si/c2*1-12(2,3)15(4,5)14-11-8-6-10(13)7-9-11/h2*10-11,13H,6-9H2,1-5H3. The Kier molecular flexibility index (Phi) is 10.3. The summed E-state index contributed by atoms with van der Waals surface area (Å²) >= 11 is 0. The van der Waals surface area contributed by atoms with Crippen molar-refractivity contribution in [2.24, 2.45) is 0 Å². The van der Waals surface area contributed by atoms with Crippen LogP contribution in [0.2, 0.25) is 36.3 Å². The van der Waals surface area contributed by atoms with Crippen LogP contribution >= 0.6 is 0 Å². The lowest BCUT2D eigenvalue weighted by atomic mass is 9.95. The third-order valence-electron chi connectivity index (χ3n) is 7.82. The molecule has 2 fully saturated rings. The van der Waals surface area contributed by atoms with E-state index >= 15 is 0 Å². The van der Waals surface area contributed by atoms with Crippen LogP contribution < -0.4 is 0 Å². The zero-order chi connectivity index (χ0) is 23.4. The molecule has 0 saturated heterocycles.